The average Bonchev–Trinajstić information content (AvgIpc) is 2.60. The van der Waals surface area contributed by atoms with E-state index in [0.29, 0.717) is 12.0 Å². The lowest BCUT2D eigenvalue weighted by molar-refractivity contribution is 0.0529. The van der Waals surface area contributed by atoms with Crippen molar-refractivity contribution in [3.05, 3.63) is 23.9 Å². The van der Waals surface area contributed by atoms with Crippen molar-refractivity contribution in [2.75, 3.05) is 31.1 Å². The molecule has 1 saturated carbocycles. The Morgan fingerprint density at radius 3 is 2.96 bits per heavy atom. The molecule has 6 nitrogen and oxygen atoms in total. The van der Waals surface area contributed by atoms with Crippen LogP contribution in [-0.4, -0.2) is 43.4 Å². The van der Waals surface area contributed by atoms with Crippen molar-refractivity contribution in [1.29, 1.82) is 0 Å². The third-order valence-electron chi connectivity index (χ3n) is 5.62. The van der Waals surface area contributed by atoms with E-state index < -0.39 is 0 Å². The number of aromatic nitrogens is 1. The molecular weight excluding hydrogens is 316 g/mol. The summed E-state index contributed by atoms with van der Waals surface area (Å²) >= 11 is 0. The first-order valence-electron chi connectivity index (χ1n) is 9.43. The lowest BCUT2D eigenvalue weighted by atomic mass is 9.67. The Labute approximate surface area is 150 Å². The van der Waals surface area contributed by atoms with E-state index in [-0.39, 0.29) is 12.1 Å². The molecule has 6 heteroatoms. The van der Waals surface area contributed by atoms with Crippen LogP contribution in [0.3, 0.4) is 0 Å². The average molecular weight is 346 g/mol. The van der Waals surface area contributed by atoms with Crippen LogP contribution < -0.4 is 15.5 Å². The Bertz CT molecular complexity index is 583. The maximum absolute atomic E-state index is 12.1. The number of rotatable bonds is 6. The Morgan fingerprint density at radius 1 is 1.44 bits per heavy atom. The molecule has 138 valence electrons. The third kappa shape index (κ3) is 4.63. The van der Waals surface area contributed by atoms with Crippen LogP contribution >= 0.6 is 0 Å². The molecular formula is C19H30N4O2. The van der Waals surface area contributed by atoms with Crippen LogP contribution in [0.25, 0.3) is 0 Å². The molecule has 2 aliphatic rings. The minimum absolute atomic E-state index is 0.0851. The molecule has 0 radical (unpaired) electrons. The van der Waals surface area contributed by atoms with Gasteiger partial charge in [0.25, 0.3) is 0 Å². The standard InChI is InChI=1S/C19H30N4O2/c1-3-19(6-4-7-19)14-22-18(24)21-12-16-5-8-20-17(11-16)23-9-10-25-15(2)13-23/h5,8,11,15H,3-4,6-7,9-10,12-14H2,1-2H3,(H2,21,22,24)/t15-/m1/s1. The Balaban J connectivity index is 1.48. The van der Waals surface area contributed by atoms with Crippen molar-refractivity contribution < 1.29 is 9.53 Å². The zero-order valence-corrected chi connectivity index (χ0v) is 15.4. The van der Waals surface area contributed by atoms with E-state index in [0.717, 1.165) is 44.0 Å². The van der Waals surface area contributed by atoms with Crippen molar-refractivity contribution in [3.8, 4) is 0 Å². The van der Waals surface area contributed by atoms with Crippen LogP contribution in [0.5, 0.6) is 0 Å². The van der Waals surface area contributed by atoms with Gasteiger partial charge in [0.2, 0.25) is 0 Å². The SMILES string of the molecule is CCC1(CNC(=O)NCc2ccnc(N3CCO[C@H](C)C3)c2)CCC1. The zero-order chi connectivity index (χ0) is 17.7. The number of nitrogens with one attached hydrogen (secondary N) is 2. The summed E-state index contributed by atoms with van der Waals surface area (Å²) in [6.07, 6.45) is 6.92. The molecule has 2 heterocycles. The minimum atomic E-state index is -0.0851. The second-order valence-corrected chi connectivity index (χ2v) is 7.39. The van der Waals surface area contributed by atoms with Gasteiger partial charge >= 0.3 is 6.03 Å². The molecule has 25 heavy (non-hydrogen) atoms. The van der Waals surface area contributed by atoms with Crippen LogP contribution in [-0.2, 0) is 11.3 Å². The Kier molecular flexibility index (Phi) is 5.78. The molecule has 2 N–H and O–H groups in total. The number of nitrogens with zero attached hydrogens (tertiary/aromatic N) is 2. The maximum Gasteiger partial charge on any atom is 0.315 e. The van der Waals surface area contributed by atoms with E-state index in [1.165, 1.54) is 19.3 Å². The molecule has 0 aromatic carbocycles. The van der Waals surface area contributed by atoms with Gasteiger partial charge in [-0.2, -0.15) is 0 Å². The largest absolute Gasteiger partial charge is 0.375 e. The normalized spacial score (nSPS) is 22.2. The van der Waals surface area contributed by atoms with E-state index in [1.807, 2.05) is 12.3 Å². The number of hydrogen-bond acceptors (Lipinski definition) is 4. The van der Waals surface area contributed by atoms with Gasteiger partial charge in [0.05, 0.1) is 12.7 Å². The summed E-state index contributed by atoms with van der Waals surface area (Å²) in [7, 11) is 0. The van der Waals surface area contributed by atoms with Gasteiger partial charge in [-0.1, -0.05) is 13.3 Å². The summed E-state index contributed by atoms with van der Waals surface area (Å²) in [5.74, 6) is 0.953. The number of carbonyl (C=O) groups excluding carboxylic acids is 1. The van der Waals surface area contributed by atoms with Crippen molar-refractivity contribution in [1.82, 2.24) is 15.6 Å². The van der Waals surface area contributed by atoms with Gasteiger partial charge < -0.3 is 20.3 Å². The van der Waals surface area contributed by atoms with E-state index in [9.17, 15) is 4.79 Å². The molecule has 0 unspecified atom stereocenters. The number of amides is 2. The fourth-order valence-electron chi connectivity index (χ4n) is 3.61. The fourth-order valence-corrected chi connectivity index (χ4v) is 3.61. The summed E-state index contributed by atoms with van der Waals surface area (Å²) in [6.45, 7) is 8.02. The quantitative estimate of drug-likeness (QED) is 0.831. The predicted molar refractivity (Wildman–Crippen MR) is 98.7 cm³/mol. The minimum Gasteiger partial charge on any atom is -0.375 e. The molecule has 0 bridgehead atoms. The van der Waals surface area contributed by atoms with Crippen LogP contribution in [0.15, 0.2) is 18.3 Å². The van der Waals surface area contributed by atoms with Crippen molar-refractivity contribution >= 4 is 11.8 Å². The van der Waals surface area contributed by atoms with E-state index in [1.54, 1.807) is 0 Å². The maximum atomic E-state index is 12.1. The van der Waals surface area contributed by atoms with E-state index in [2.05, 4.69) is 40.4 Å². The summed E-state index contributed by atoms with van der Waals surface area (Å²) in [5, 5.41) is 6.00. The van der Waals surface area contributed by atoms with Gasteiger partial charge in [-0.05, 0) is 49.3 Å². The summed E-state index contributed by atoms with van der Waals surface area (Å²) in [6, 6.07) is 3.92. The molecule has 0 spiro atoms. The number of urea groups is 1. The van der Waals surface area contributed by atoms with E-state index >= 15 is 0 Å². The molecule has 1 atom stereocenters. The van der Waals surface area contributed by atoms with Crippen LogP contribution in [0, 0.1) is 5.41 Å². The molecule has 3 rings (SSSR count). The second-order valence-electron chi connectivity index (χ2n) is 7.39. The molecule has 1 aromatic rings. The van der Waals surface area contributed by atoms with Gasteiger partial charge in [-0.25, -0.2) is 9.78 Å². The second kappa shape index (κ2) is 8.04. The zero-order valence-electron chi connectivity index (χ0n) is 15.4. The fraction of sp³-hybridized carbons (Fsp3) is 0.684. The number of hydrogen-bond donors (Lipinski definition) is 2. The highest BCUT2D eigenvalue weighted by Crippen LogP contribution is 2.42. The van der Waals surface area contributed by atoms with Crippen molar-refractivity contribution in [2.24, 2.45) is 5.41 Å². The lowest BCUT2D eigenvalue weighted by Gasteiger charge is -2.41. The predicted octanol–water partition coefficient (Wildman–Crippen LogP) is 2.69. The Hall–Kier alpha value is -1.82. The van der Waals surface area contributed by atoms with Gasteiger partial charge in [0.15, 0.2) is 0 Å². The first-order valence-corrected chi connectivity index (χ1v) is 9.43. The van der Waals surface area contributed by atoms with Crippen molar-refractivity contribution in [3.63, 3.8) is 0 Å². The van der Waals surface area contributed by atoms with Gasteiger partial charge in [0.1, 0.15) is 5.82 Å². The number of morpholine rings is 1. The van der Waals surface area contributed by atoms with Crippen molar-refractivity contribution in [2.45, 2.75) is 52.2 Å². The molecule has 2 amide bonds. The molecule has 1 aliphatic carbocycles. The number of ether oxygens (including phenoxy) is 1. The Morgan fingerprint density at radius 2 is 2.28 bits per heavy atom. The number of anilines is 1. The highest BCUT2D eigenvalue weighted by atomic mass is 16.5. The molecule has 2 fully saturated rings. The van der Waals surface area contributed by atoms with Crippen LogP contribution in [0.2, 0.25) is 0 Å². The molecule has 1 aliphatic heterocycles. The van der Waals surface area contributed by atoms with Crippen LogP contribution in [0.4, 0.5) is 10.6 Å². The third-order valence-corrected chi connectivity index (χ3v) is 5.62. The smallest absolute Gasteiger partial charge is 0.315 e. The van der Waals surface area contributed by atoms with Gasteiger partial charge in [-0.3, -0.25) is 0 Å². The topological polar surface area (TPSA) is 66.5 Å². The number of pyridine rings is 1. The molecule has 1 aromatic heterocycles. The van der Waals surface area contributed by atoms with E-state index in [4.69, 9.17) is 4.74 Å². The lowest BCUT2D eigenvalue weighted by Crippen LogP contribution is -2.45. The summed E-state index contributed by atoms with van der Waals surface area (Å²) in [5.41, 5.74) is 1.40. The van der Waals surface area contributed by atoms with Gasteiger partial charge in [-0.15, -0.1) is 0 Å². The summed E-state index contributed by atoms with van der Waals surface area (Å²) in [4.78, 5) is 18.8. The monoisotopic (exact) mass is 346 g/mol. The van der Waals surface area contributed by atoms with Gasteiger partial charge in [0, 0.05) is 32.4 Å². The first-order chi connectivity index (χ1) is 12.1. The first kappa shape index (κ1) is 18.0. The highest BCUT2D eigenvalue weighted by molar-refractivity contribution is 5.73. The van der Waals surface area contributed by atoms with Crippen LogP contribution in [0.1, 0.15) is 45.1 Å². The summed E-state index contributed by atoms with van der Waals surface area (Å²) < 4.78 is 5.58. The number of carbonyl (C=O) groups is 1. The highest BCUT2D eigenvalue weighted by Gasteiger charge is 2.35. The molecule has 1 saturated heterocycles.